The molecule has 21 heavy (non-hydrogen) atoms. The summed E-state index contributed by atoms with van der Waals surface area (Å²) in [6, 6.07) is 9.38. The van der Waals surface area contributed by atoms with Gasteiger partial charge in [-0.05, 0) is 26.0 Å². The van der Waals surface area contributed by atoms with Gasteiger partial charge in [-0.25, -0.2) is 0 Å². The van der Waals surface area contributed by atoms with Crippen molar-refractivity contribution in [2.24, 2.45) is 5.92 Å². The lowest BCUT2D eigenvalue weighted by molar-refractivity contribution is -0.150. The van der Waals surface area contributed by atoms with E-state index in [4.69, 9.17) is 4.74 Å². The van der Waals surface area contributed by atoms with Crippen LogP contribution in [0.5, 0.6) is 0 Å². The number of carbonyl (C=O) groups excluding carboxylic acids is 2. The van der Waals surface area contributed by atoms with Crippen molar-refractivity contribution in [1.82, 2.24) is 4.90 Å². The van der Waals surface area contributed by atoms with Crippen LogP contribution in [0.25, 0.3) is 5.57 Å². The van der Waals surface area contributed by atoms with E-state index < -0.39 is 6.04 Å². The average molecular weight is 285 g/mol. The number of ketones is 1. The number of benzene rings is 1. The Kier molecular flexibility index (Phi) is 3.64. The molecule has 0 amide bonds. The molecule has 0 N–H and O–H groups in total. The Bertz CT molecular complexity index is 593. The van der Waals surface area contributed by atoms with Crippen LogP contribution in [0.4, 0.5) is 0 Å². The van der Waals surface area contributed by atoms with Gasteiger partial charge in [0.25, 0.3) is 0 Å². The SMILES string of the molecule is CCOC(=O)C1CC2C=C(c3ccccc3)C(=O)C1N2C. The molecule has 1 aromatic rings. The topological polar surface area (TPSA) is 46.6 Å². The van der Waals surface area contributed by atoms with Gasteiger partial charge in [0, 0.05) is 11.6 Å². The Morgan fingerprint density at radius 1 is 1.33 bits per heavy atom. The van der Waals surface area contributed by atoms with Crippen LogP contribution in [0.3, 0.4) is 0 Å². The number of ether oxygens (including phenoxy) is 1. The minimum atomic E-state index is -0.394. The van der Waals surface area contributed by atoms with Crippen molar-refractivity contribution in [1.29, 1.82) is 0 Å². The molecule has 4 heteroatoms. The van der Waals surface area contributed by atoms with Crippen molar-refractivity contribution >= 4 is 17.3 Å². The highest BCUT2D eigenvalue weighted by molar-refractivity contribution is 6.25. The normalized spacial score (nSPS) is 28.4. The number of hydrogen-bond donors (Lipinski definition) is 0. The summed E-state index contributed by atoms with van der Waals surface area (Å²) in [6.45, 7) is 2.14. The molecule has 1 fully saturated rings. The first-order valence-electron chi connectivity index (χ1n) is 7.33. The Morgan fingerprint density at radius 2 is 2.05 bits per heavy atom. The summed E-state index contributed by atoms with van der Waals surface area (Å²) in [6.07, 6.45) is 2.65. The number of rotatable bonds is 3. The fourth-order valence-electron chi connectivity index (χ4n) is 3.36. The second kappa shape index (κ2) is 5.45. The van der Waals surface area contributed by atoms with Crippen molar-refractivity contribution in [3.63, 3.8) is 0 Å². The largest absolute Gasteiger partial charge is 0.466 e. The Hall–Kier alpha value is -1.94. The number of hydrogen-bond acceptors (Lipinski definition) is 4. The predicted molar refractivity (Wildman–Crippen MR) is 79.5 cm³/mol. The van der Waals surface area contributed by atoms with Gasteiger partial charge >= 0.3 is 5.97 Å². The summed E-state index contributed by atoms with van der Waals surface area (Å²) < 4.78 is 5.13. The molecule has 3 atom stereocenters. The van der Waals surface area contributed by atoms with Crippen molar-refractivity contribution in [3.05, 3.63) is 42.0 Å². The molecule has 2 heterocycles. The molecule has 0 aromatic heterocycles. The van der Waals surface area contributed by atoms with Gasteiger partial charge < -0.3 is 4.74 Å². The fraction of sp³-hybridized carbons (Fsp3) is 0.412. The molecular formula is C17H19NO3. The molecule has 110 valence electrons. The van der Waals surface area contributed by atoms with Crippen LogP contribution >= 0.6 is 0 Å². The maximum atomic E-state index is 12.8. The van der Waals surface area contributed by atoms with E-state index in [1.807, 2.05) is 48.4 Å². The van der Waals surface area contributed by atoms with E-state index in [2.05, 4.69) is 0 Å². The molecule has 0 saturated carbocycles. The standard InChI is InChI=1S/C17H19NO3/c1-3-21-17(20)14-10-12-9-13(11-7-5-4-6-8-11)16(19)15(14)18(12)2/h4-9,12,14-15H,3,10H2,1-2H3. The van der Waals surface area contributed by atoms with Crippen LogP contribution in [0.15, 0.2) is 36.4 Å². The summed E-state index contributed by atoms with van der Waals surface area (Å²) in [4.78, 5) is 26.9. The van der Waals surface area contributed by atoms with E-state index in [0.29, 0.717) is 13.0 Å². The third-order valence-corrected chi connectivity index (χ3v) is 4.41. The third kappa shape index (κ3) is 2.29. The second-order valence-electron chi connectivity index (χ2n) is 5.58. The maximum absolute atomic E-state index is 12.8. The molecule has 0 radical (unpaired) electrons. The summed E-state index contributed by atoms with van der Waals surface area (Å²) in [5.74, 6) is -0.590. The first kappa shape index (κ1) is 14.0. The van der Waals surface area contributed by atoms with Gasteiger partial charge in [0.1, 0.15) is 0 Å². The molecule has 1 aromatic carbocycles. The van der Waals surface area contributed by atoms with Crippen molar-refractivity contribution in [2.75, 3.05) is 13.7 Å². The number of carbonyl (C=O) groups is 2. The van der Waals surface area contributed by atoms with E-state index >= 15 is 0 Å². The van der Waals surface area contributed by atoms with Gasteiger partial charge in [0.15, 0.2) is 5.78 Å². The lowest BCUT2D eigenvalue weighted by atomic mass is 9.90. The van der Waals surface area contributed by atoms with Crippen LogP contribution in [-0.2, 0) is 14.3 Å². The Balaban J connectivity index is 1.93. The fourth-order valence-corrected chi connectivity index (χ4v) is 3.36. The molecule has 2 aliphatic heterocycles. The Morgan fingerprint density at radius 3 is 2.71 bits per heavy atom. The number of likely N-dealkylation sites (N-methyl/N-ethyl adjacent to an activating group) is 1. The minimum absolute atomic E-state index is 0.0236. The van der Waals surface area contributed by atoms with Gasteiger partial charge in [0.2, 0.25) is 0 Å². The van der Waals surface area contributed by atoms with Crippen molar-refractivity contribution in [3.8, 4) is 0 Å². The number of esters is 1. The third-order valence-electron chi connectivity index (χ3n) is 4.41. The zero-order valence-corrected chi connectivity index (χ0v) is 12.3. The van der Waals surface area contributed by atoms with Crippen LogP contribution < -0.4 is 0 Å². The van der Waals surface area contributed by atoms with Crippen LogP contribution in [0, 0.1) is 5.92 Å². The highest BCUT2D eigenvalue weighted by Crippen LogP contribution is 2.39. The minimum Gasteiger partial charge on any atom is -0.466 e. The lowest BCUT2D eigenvalue weighted by Gasteiger charge is -2.30. The molecule has 0 spiro atoms. The first-order valence-corrected chi connectivity index (χ1v) is 7.33. The van der Waals surface area contributed by atoms with Crippen LogP contribution in [0.1, 0.15) is 18.9 Å². The van der Waals surface area contributed by atoms with E-state index in [-0.39, 0.29) is 23.7 Å². The zero-order valence-electron chi connectivity index (χ0n) is 12.3. The monoisotopic (exact) mass is 285 g/mol. The molecular weight excluding hydrogens is 266 g/mol. The summed E-state index contributed by atoms with van der Waals surface area (Å²) in [7, 11) is 1.91. The highest BCUT2D eigenvalue weighted by Gasteiger charge is 2.50. The summed E-state index contributed by atoms with van der Waals surface area (Å²) >= 11 is 0. The number of nitrogens with zero attached hydrogens (tertiary/aromatic N) is 1. The molecule has 2 bridgehead atoms. The molecule has 0 aliphatic carbocycles. The molecule has 4 nitrogen and oxygen atoms in total. The van der Waals surface area contributed by atoms with E-state index in [9.17, 15) is 9.59 Å². The van der Waals surface area contributed by atoms with Gasteiger partial charge in [0.05, 0.1) is 18.6 Å². The van der Waals surface area contributed by atoms with Gasteiger partial charge in [-0.1, -0.05) is 36.4 Å². The molecule has 3 unspecified atom stereocenters. The Labute approximate surface area is 124 Å². The first-order chi connectivity index (χ1) is 10.1. The maximum Gasteiger partial charge on any atom is 0.311 e. The van der Waals surface area contributed by atoms with Crippen LogP contribution in [-0.4, -0.2) is 42.4 Å². The van der Waals surface area contributed by atoms with Gasteiger partial charge in [-0.3, -0.25) is 14.5 Å². The van der Waals surface area contributed by atoms with Crippen LogP contribution in [0.2, 0.25) is 0 Å². The van der Waals surface area contributed by atoms with E-state index in [0.717, 1.165) is 11.1 Å². The number of fused-ring (bicyclic) bond motifs is 2. The zero-order chi connectivity index (χ0) is 15.0. The van der Waals surface area contributed by atoms with Gasteiger partial charge in [-0.2, -0.15) is 0 Å². The quantitative estimate of drug-likeness (QED) is 0.796. The molecule has 1 saturated heterocycles. The van der Waals surface area contributed by atoms with Crippen molar-refractivity contribution < 1.29 is 14.3 Å². The lowest BCUT2D eigenvalue weighted by Crippen LogP contribution is -2.45. The second-order valence-corrected chi connectivity index (χ2v) is 5.58. The highest BCUT2D eigenvalue weighted by atomic mass is 16.5. The predicted octanol–water partition coefficient (Wildman–Crippen LogP) is 1.90. The van der Waals surface area contributed by atoms with Gasteiger partial charge in [-0.15, -0.1) is 0 Å². The van der Waals surface area contributed by atoms with E-state index in [1.165, 1.54) is 0 Å². The van der Waals surface area contributed by atoms with E-state index in [1.54, 1.807) is 6.92 Å². The smallest absolute Gasteiger partial charge is 0.311 e. The summed E-state index contributed by atoms with van der Waals surface area (Å²) in [5, 5.41) is 0. The molecule has 3 rings (SSSR count). The number of Topliss-reactive ketones (excluding diaryl/α,β-unsaturated/α-hetero) is 1. The van der Waals surface area contributed by atoms with Crippen molar-refractivity contribution in [2.45, 2.75) is 25.4 Å². The average Bonchev–Trinajstić information content (AvgIpc) is 2.72. The summed E-state index contributed by atoms with van der Waals surface area (Å²) in [5.41, 5.74) is 1.66. The molecule has 2 aliphatic rings.